The number of halogens is 1. The molecule has 0 N–H and O–H groups in total. The zero-order chi connectivity index (χ0) is 19.8. The quantitative estimate of drug-likeness (QED) is 0.695. The predicted octanol–water partition coefficient (Wildman–Crippen LogP) is 3.19. The summed E-state index contributed by atoms with van der Waals surface area (Å²) in [7, 11) is 3.30. The second kappa shape index (κ2) is 9.92. The van der Waals surface area contributed by atoms with Crippen molar-refractivity contribution >= 4 is 29.1 Å². The van der Waals surface area contributed by atoms with Crippen LogP contribution in [0.1, 0.15) is 18.9 Å². The van der Waals surface area contributed by atoms with E-state index in [-0.39, 0.29) is 24.8 Å². The van der Waals surface area contributed by atoms with Gasteiger partial charge in [-0.1, -0.05) is 11.6 Å². The van der Waals surface area contributed by atoms with Crippen molar-refractivity contribution in [2.75, 3.05) is 32.1 Å². The molecular formula is C20H24ClN3O3. The molecule has 2 amide bonds. The van der Waals surface area contributed by atoms with E-state index in [2.05, 4.69) is 4.98 Å². The fourth-order valence-electron chi connectivity index (χ4n) is 2.69. The maximum absolute atomic E-state index is 12.5. The number of hydrogen-bond acceptors (Lipinski definition) is 4. The van der Waals surface area contributed by atoms with Crippen LogP contribution >= 0.6 is 11.6 Å². The number of aromatic nitrogens is 1. The summed E-state index contributed by atoms with van der Waals surface area (Å²) < 4.78 is 5.32. The summed E-state index contributed by atoms with van der Waals surface area (Å²) >= 11 is 6.06. The number of ether oxygens (including phenoxy) is 1. The smallest absolute Gasteiger partial charge is 0.224 e. The minimum absolute atomic E-state index is 0.0312. The van der Waals surface area contributed by atoms with Crippen LogP contribution in [0.2, 0.25) is 5.02 Å². The monoisotopic (exact) mass is 389 g/mol. The highest BCUT2D eigenvalue weighted by molar-refractivity contribution is 6.31. The van der Waals surface area contributed by atoms with E-state index in [1.807, 2.05) is 12.1 Å². The summed E-state index contributed by atoms with van der Waals surface area (Å²) in [6.07, 6.45) is 4.44. The Kier molecular flexibility index (Phi) is 7.61. The Morgan fingerprint density at radius 1 is 1.15 bits per heavy atom. The molecule has 1 aromatic heterocycles. The molecule has 0 bridgehead atoms. The van der Waals surface area contributed by atoms with Gasteiger partial charge in [0.1, 0.15) is 5.75 Å². The highest BCUT2D eigenvalue weighted by atomic mass is 35.5. The van der Waals surface area contributed by atoms with Gasteiger partial charge in [-0.15, -0.1) is 0 Å². The van der Waals surface area contributed by atoms with Crippen LogP contribution in [0.25, 0.3) is 0 Å². The van der Waals surface area contributed by atoms with Crippen molar-refractivity contribution in [1.29, 1.82) is 0 Å². The minimum Gasteiger partial charge on any atom is -0.495 e. The zero-order valence-electron chi connectivity index (χ0n) is 15.8. The van der Waals surface area contributed by atoms with Crippen LogP contribution in [-0.4, -0.2) is 48.9 Å². The third-order valence-electron chi connectivity index (χ3n) is 4.27. The fourth-order valence-corrected chi connectivity index (χ4v) is 2.86. The molecule has 0 unspecified atom stereocenters. The predicted molar refractivity (Wildman–Crippen MR) is 106 cm³/mol. The Bertz CT molecular complexity index is 783. The second-order valence-electron chi connectivity index (χ2n) is 6.16. The Balaban J connectivity index is 1.98. The van der Waals surface area contributed by atoms with Crippen LogP contribution in [0.3, 0.4) is 0 Å². The van der Waals surface area contributed by atoms with Crippen molar-refractivity contribution in [3.05, 3.63) is 53.3 Å². The van der Waals surface area contributed by atoms with Crippen LogP contribution in [-0.2, 0) is 16.0 Å². The molecule has 7 heteroatoms. The SMILES string of the molecule is COc1ccc(Cl)cc1N(CCC(=O)N(C)CCc1ccncc1)C(C)=O. The molecule has 144 valence electrons. The fraction of sp³-hybridized carbons (Fsp3) is 0.350. The van der Waals surface area contributed by atoms with Crippen molar-refractivity contribution in [2.24, 2.45) is 0 Å². The number of anilines is 1. The number of hydrogen-bond donors (Lipinski definition) is 0. The lowest BCUT2D eigenvalue weighted by atomic mass is 10.2. The molecule has 0 saturated carbocycles. The molecule has 0 radical (unpaired) electrons. The van der Waals surface area contributed by atoms with Gasteiger partial charge in [-0.25, -0.2) is 0 Å². The standard InChI is InChI=1S/C20H24ClN3O3/c1-15(25)24(18-14-17(21)4-5-19(18)27-3)13-9-20(26)23(2)12-8-16-6-10-22-11-7-16/h4-7,10-11,14H,8-9,12-13H2,1-3H3. The first-order valence-electron chi connectivity index (χ1n) is 8.67. The van der Waals surface area contributed by atoms with Crippen LogP contribution in [0.15, 0.2) is 42.7 Å². The van der Waals surface area contributed by atoms with Gasteiger partial charge in [0.05, 0.1) is 12.8 Å². The Morgan fingerprint density at radius 2 is 1.85 bits per heavy atom. The number of amides is 2. The molecule has 0 aliphatic heterocycles. The van der Waals surface area contributed by atoms with Crippen molar-refractivity contribution < 1.29 is 14.3 Å². The third-order valence-corrected chi connectivity index (χ3v) is 4.51. The number of nitrogens with zero attached hydrogens (tertiary/aromatic N) is 3. The largest absolute Gasteiger partial charge is 0.495 e. The van der Waals surface area contributed by atoms with Crippen molar-refractivity contribution in [2.45, 2.75) is 19.8 Å². The van der Waals surface area contributed by atoms with E-state index in [0.717, 1.165) is 12.0 Å². The van der Waals surface area contributed by atoms with Crippen LogP contribution < -0.4 is 9.64 Å². The first-order chi connectivity index (χ1) is 12.9. The Morgan fingerprint density at radius 3 is 2.48 bits per heavy atom. The zero-order valence-corrected chi connectivity index (χ0v) is 16.6. The Hall–Kier alpha value is -2.60. The molecule has 27 heavy (non-hydrogen) atoms. The van der Waals surface area contributed by atoms with E-state index in [0.29, 0.717) is 23.0 Å². The van der Waals surface area contributed by atoms with Crippen LogP contribution in [0.4, 0.5) is 5.69 Å². The normalized spacial score (nSPS) is 10.4. The molecule has 2 rings (SSSR count). The molecule has 0 fully saturated rings. The molecule has 6 nitrogen and oxygen atoms in total. The molecule has 0 spiro atoms. The van der Waals surface area contributed by atoms with Crippen molar-refractivity contribution in [1.82, 2.24) is 9.88 Å². The number of benzene rings is 1. The number of carbonyl (C=O) groups is 2. The lowest BCUT2D eigenvalue weighted by Gasteiger charge is -2.25. The summed E-state index contributed by atoms with van der Waals surface area (Å²) in [5.74, 6) is 0.326. The summed E-state index contributed by atoms with van der Waals surface area (Å²) in [6, 6.07) is 8.93. The number of likely N-dealkylation sites (N-methyl/N-ethyl adjacent to an activating group) is 1. The molecule has 0 saturated heterocycles. The van der Waals surface area contributed by atoms with Gasteiger partial charge in [-0.2, -0.15) is 0 Å². The highest BCUT2D eigenvalue weighted by Gasteiger charge is 2.19. The van der Waals surface area contributed by atoms with E-state index < -0.39 is 0 Å². The maximum atomic E-state index is 12.5. The van der Waals surface area contributed by atoms with Gasteiger partial charge in [0.15, 0.2) is 0 Å². The molecule has 2 aromatic rings. The van der Waals surface area contributed by atoms with E-state index >= 15 is 0 Å². The Labute approximate surface area is 164 Å². The molecule has 0 aliphatic carbocycles. The van der Waals surface area contributed by atoms with Gasteiger partial charge in [0.2, 0.25) is 11.8 Å². The molecule has 0 atom stereocenters. The van der Waals surface area contributed by atoms with E-state index in [1.54, 1.807) is 42.5 Å². The molecule has 1 aromatic carbocycles. The summed E-state index contributed by atoms with van der Waals surface area (Å²) in [5.41, 5.74) is 1.68. The minimum atomic E-state index is -0.178. The first-order valence-corrected chi connectivity index (χ1v) is 9.04. The number of pyridine rings is 1. The molecule has 1 heterocycles. The lowest BCUT2D eigenvalue weighted by molar-refractivity contribution is -0.129. The van der Waals surface area contributed by atoms with Gasteiger partial charge >= 0.3 is 0 Å². The first kappa shape index (κ1) is 20.7. The average Bonchev–Trinajstić information content (AvgIpc) is 2.66. The van der Waals surface area contributed by atoms with E-state index in [9.17, 15) is 9.59 Å². The van der Waals surface area contributed by atoms with E-state index in [1.165, 1.54) is 18.9 Å². The van der Waals surface area contributed by atoms with Gasteiger partial charge in [0, 0.05) is 50.9 Å². The summed E-state index contributed by atoms with van der Waals surface area (Å²) in [5, 5.41) is 0.498. The van der Waals surface area contributed by atoms with Crippen molar-refractivity contribution in [3.63, 3.8) is 0 Å². The maximum Gasteiger partial charge on any atom is 0.224 e. The second-order valence-corrected chi connectivity index (χ2v) is 6.59. The number of rotatable bonds is 8. The molecular weight excluding hydrogens is 366 g/mol. The van der Waals surface area contributed by atoms with Crippen molar-refractivity contribution in [3.8, 4) is 5.75 Å². The summed E-state index contributed by atoms with van der Waals surface area (Å²) in [6.45, 7) is 2.31. The molecule has 0 aliphatic rings. The van der Waals surface area contributed by atoms with Gasteiger partial charge in [-0.3, -0.25) is 14.6 Å². The number of carbonyl (C=O) groups excluding carboxylic acids is 2. The lowest BCUT2D eigenvalue weighted by Crippen LogP contribution is -2.35. The van der Waals surface area contributed by atoms with Crippen LogP contribution in [0, 0.1) is 0 Å². The summed E-state index contributed by atoms with van der Waals surface area (Å²) in [4.78, 5) is 31.7. The van der Waals surface area contributed by atoms with Gasteiger partial charge in [0.25, 0.3) is 0 Å². The average molecular weight is 390 g/mol. The van der Waals surface area contributed by atoms with Gasteiger partial charge in [-0.05, 0) is 42.3 Å². The highest BCUT2D eigenvalue weighted by Crippen LogP contribution is 2.31. The van der Waals surface area contributed by atoms with Gasteiger partial charge < -0.3 is 14.5 Å². The van der Waals surface area contributed by atoms with Crippen LogP contribution in [0.5, 0.6) is 5.75 Å². The topological polar surface area (TPSA) is 62.7 Å². The third kappa shape index (κ3) is 5.96. The van der Waals surface area contributed by atoms with E-state index in [4.69, 9.17) is 16.3 Å². The number of methoxy groups -OCH3 is 1.